The largest absolute Gasteiger partial charge is 0.396 e. The molecular formula is C36H40N8O2. The summed E-state index contributed by atoms with van der Waals surface area (Å²) in [5, 5.41) is 27.9. The van der Waals surface area contributed by atoms with E-state index in [1.807, 2.05) is 93.3 Å². The maximum atomic E-state index is 9.80. The normalized spacial score (nSPS) is 15.7. The van der Waals surface area contributed by atoms with Gasteiger partial charge >= 0.3 is 0 Å². The van der Waals surface area contributed by atoms with Gasteiger partial charge in [-0.1, -0.05) is 37.1 Å². The van der Waals surface area contributed by atoms with Gasteiger partial charge in [0.05, 0.1) is 34.8 Å². The average Bonchev–Trinajstić information content (AvgIpc) is 3.90. The van der Waals surface area contributed by atoms with Crippen molar-refractivity contribution in [3.05, 3.63) is 97.6 Å². The van der Waals surface area contributed by atoms with E-state index in [1.165, 1.54) is 12.8 Å². The molecule has 1 aliphatic carbocycles. The molecule has 2 aliphatic rings. The lowest BCUT2D eigenvalue weighted by Gasteiger charge is -2.32. The fourth-order valence-corrected chi connectivity index (χ4v) is 6.68. The number of hydrogen-bond acceptors (Lipinski definition) is 8. The van der Waals surface area contributed by atoms with E-state index in [2.05, 4.69) is 33.3 Å². The zero-order chi connectivity index (χ0) is 31.3. The van der Waals surface area contributed by atoms with Crippen LogP contribution < -0.4 is 9.80 Å². The second kappa shape index (κ2) is 13.7. The number of fused-ring (bicyclic) bond motifs is 2. The molecule has 236 valence electrons. The van der Waals surface area contributed by atoms with Gasteiger partial charge in [-0.05, 0) is 80.1 Å². The fourth-order valence-electron chi connectivity index (χ4n) is 6.68. The summed E-state index contributed by atoms with van der Waals surface area (Å²) in [4.78, 5) is 14.0. The first-order chi connectivity index (χ1) is 22.7. The van der Waals surface area contributed by atoms with Crippen LogP contribution in [0.25, 0.3) is 33.5 Å². The highest BCUT2D eigenvalue weighted by atomic mass is 16.3. The van der Waals surface area contributed by atoms with E-state index in [9.17, 15) is 10.2 Å². The Morgan fingerprint density at radius 2 is 1.28 bits per heavy atom. The number of anilines is 2. The topological polar surface area (TPSA) is 107 Å². The van der Waals surface area contributed by atoms with Crippen LogP contribution in [0.3, 0.4) is 0 Å². The Bertz CT molecular complexity index is 1890. The van der Waals surface area contributed by atoms with Crippen LogP contribution in [0.15, 0.2) is 97.6 Å². The summed E-state index contributed by atoms with van der Waals surface area (Å²) >= 11 is 0. The molecule has 6 aromatic heterocycles. The van der Waals surface area contributed by atoms with Gasteiger partial charge in [0.2, 0.25) is 0 Å². The summed E-state index contributed by atoms with van der Waals surface area (Å²) in [5.74, 6) is 2.29. The predicted molar refractivity (Wildman–Crippen MR) is 181 cm³/mol. The van der Waals surface area contributed by atoms with E-state index in [0.717, 1.165) is 84.0 Å². The molecule has 0 atom stereocenters. The number of aromatic nitrogens is 6. The third kappa shape index (κ3) is 6.18. The maximum Gasteiger partial charge on any atom is 0.131 e. The van der Waals surface area contributed by atoms with Crippen LogP contribution in [0, 0.1) is 5.92 Å². The fraction of sp³-hybridized carbons (Fsp3) is 0.333. The minimum absolute atomic E-state index is 0.00980. The molecule has 0 spiro atoms. The summed E-state index contributed by atoms with van der Waals surface area (Å²) in [6.45, 7) is 2.21. The molecule has 1 saturated carbocycles. The molecule has 2 N–H and O–H groups in total. The molecule has 1 aliphatic heterocycles. The Morgan fingerprint density at radius 1 is 0.674 bits per heavy atom. The van der Waals surface area contributed by atoms with Crippen LogP contribution in [-0.2, 0) is 0 Å². The van der Waals surface area contributed by atoms with E-state index in [-0.39, 0.29) is 6.73 Å². The highest BCUT2D eigenvalue weighted by Crippen LogP contribution is 2.30. The summed E-state index contributed by atoms with van der Waals surface area (Å²) in [6.07, 6.45) is 14.4. The van der Waals surface area contributed by atoms with Gasteiger partial charge in [0.1, 0.15) is 18.4 Å². The lowest BCUT2D eigenvalue weighted by atomic mass is 9.98. The molecule has 46 heavy (non-hydrogen) atoms. The molecule has 8 rings (SSSR count). The van der Waals surface area contributed by atoms with Gasteiger partial charge in [0.15, 0.2) is 0 Å². The van der Waals surface area contributed by atoms with Crippen LogP contribution in [0.4, 0.5) is 11.6 Å². The Labute approximate surface area is 268 Å². The van der Waals surface area contributed by atoms with Crippen LogP contribution in [0.5, 0.6) is 0 Å². The van der Waals surface area contributed by atoms with Crippen molar-refractivity contribution < 1.29 is 10.2 Å². The van der Waals surface area contributed by atoms with Crippen LogP contribution in [0.2, 0.25) is 0 Å². The van der Waals surface area contributed by atoms with Crippen LogP contribution >= 0.6 is 0 Å². The number of pyridine rings is 4. The first-order valence-electron chi connectivity index (χ1n) is 16.2. The second-order valence-electron chi connectivity index (χ2n) is 12.1. The number of nitrogens with zero attached hydrogens (tertiary/aromatic N) is 8. The minimum atomic E-state index is 0.00980. The molecule has 0 amide bonds. The van der Waals surface area contributed by atoms with E-state index in [4.69, 9.17) is 9.97 Å². The van der Waals surface area contributed by atoms with E-state index in [0.29, 0.717) is 18.6 Å². The summed E-state index contributed by atoms with van der Waals surface area (Å²) in [5.41, 5.74) is 6.01. The number of aliphatic hydroxyl groups is 2. The SMILES string of the molecule is OCC1CCN(c2cccc(-c3cnn4ccccc34)n2)CC1.OCN(c1cccc(-c2cnn3ccccc23)n1)C1CCCC1. The Balaban J connectivity index is 0.000000147. The van der Waals surface area contributed by atoms with Crippen molar-refractivity contribution >= 4 is 22.7 Å². The van der Waals surface area contributed by atoms with E-state index in [1.54, 1.807) is 0 Å². The van der Waals surface area contributed by atoms with Crippen molar-refractivity contribution in [1.29, 1.82) is 0 Å². The van der Waals surface area contributed by atoms with E-state index >= 15 is 0 Å². The summed E-state index contributed by atoms with van der Waals surface area (Å²) in [7, 11) is 0. The van der Waals surface area contributed by atoms with Crippen molar-refractivity contribution in [1.82, 2.24) is 29.2 Å². The molecule has 1 saturated heterocycles. The van der Waals surface area contributed by atoms with Gasteiger partial charge in [-0.15, -0.1) is 0 Å². The zero-order valence-electron chi connectivity index (χ0n) is 25.9. The van der Waals surface area contributed by atoms with Gasteiger partial charge in [0.25, 0.3) is 0 Å². The van der Waals surface area contributed by atoms with Gasteiger partial charge in [-0.3, -0.25) is 0 Å². The van der Waals surface area contributed by atoms with Crippen molar-refractivity contribution in [2.45, 2.75) is 44.6 Å². The molecule has 7 heterocycles. The molecular weight excluding hydrogens is 576 g/mol. The first-order valence-corrected chi connectivity index (χ1v) is 16.2. The standard InChI is InChI=1S/2C18H20N4O/c23-13-21(14-6-1-2-7-14)18-10-5-8-16(20-18)15-12-19-22-11-4-3-9-17(15)22;23-13-14-7-10-21(11-8-14)18-6-3-4-16(20-18)15-12-19-22-9-2-1-5-17(15)22/h3-5,8-12,14,23H,1-2,6-7,13H2;1-6,9,12,14,23H,7-8,10-11,13H2. The smallest absolute Gasteiger partial charge is 0.131 e. The third-order valence-corrected chi connectivity index (χ3v) is 9.28. The molecule has 10 nitrogen and oxygen atoms in total. The van der Waals surface area contributed by atoms with Crippen molar-refractivity contribution in [3.8, 4) is 22.5 Å². The minimum Gasteiger partial charge on any atom is -0.396 e. The first kappa shape index (κ1) is 29.9. The number of aliphatic hydroxyl groups excluding tert-OH is 2. The Kier molecular flexibility index (Phi) is 8.89. The van der Waals surface area contributed by atoms with Gasteiger partial charge in [-0.25, -0.2) is 19.0 Å². The van der Waals surface area contributed by atoms with Gasteiger partial charge < -0.3 is 20.0 Å². The lowest BCUT2D eigenvalue weighted by Crippen LogP contribution is -2.35. The lowest BCUT2D eigenvalue weighted by molar-refractivity contribution is 0.203. The monoisotopic (exact) mass is 616 g/mol. The molecule has 0 aromatic carbocycles. The molecule has 10 heteroatoms. The average molecular weight is 617 g/mol. The molecule has 2 fully saturated rings. The van der Waals surface area contributed by atoms with Crippen LogP contribution in [-0.4, -0.2) is 71.9 Å². The van der Waals surface area contributed by atoms with E-state index < -0.39 is 0 Å². The van der Waals surface area contributed by atoms with Crippen molar-refractivity contribution in [2.75, 3.05) is 36.2 Å². The molecule has 6 aromatic rings. The second-order valence-corrected chi connectivity index (χ2v) is 12.1. The Hall–Kier alpha value is -4.80. The van der Waals surface area contributed by atoms with Crippen LogP contribution in [0.1, 0.15) is 38.5 Å². The van der Waals surface area contributed by atoms with Gasteiger partial charge in [0, 0.05) is 49.3 Å². The van der Waals surface area contributed by atoms with Crippen molar-refractivity contribution in [2.24, 2.45) is 5.92 Å². The molecule has 0 bridgehead atoms. The third-order valence-electron chi connectivity index (χ3n) is 9.28. The quantitative estimate of drug-likeness (QED) is 0.220. The Morgan fingerprint density at radius 3 is 1.89 bits per heavy atom. The number of piperidine rings is 1. The zero-order valence-corrected chi connectivity index (χ0v) is 25.9. The molecule has 0 radical (unpaired) electrons. The highest BCUT2D eigenvalue weighted by molar-refractivity contribution is 5.79. The number of hydrogen-bond donors (Lipinski definition) is 2. The highest BCUT2D eigenvalue weighted by Gasteiger charge is 2.24. The summed E-state index contributed by atoms with van der Waals surface area (Å²) in [6, 6.07) is 24.6. The molecule has 0 unspecified atom stereocenters. The predicted octanol–water partition coefficient (Wildman–Crippen LogP) is 5.70. The van der Waals surface area contributed by atoms with Crippen molar-refractivity contribution in [3.63, 3.8) is 0 Å². The number of rotatable bonds is 7. The van der Waals surface area contributed by atoms with Gasteiger partial charge in [-0.2, -0.15) is 10.2 Å². The summed E-state index contributed by atoms with van der Waals surface area (Å²) < 4.78 is 3.72. The maximum absolute atomic E-state index is 9.80.